The van der Waals surface area contributed by atoms with Gasteiger partial charge in [0.15, 0.2) is 0 Å². The molecule has 0 heterocycles. The van der Waals surface area contributed by atoms with Crippen LogP contribution >= 0.6 is 0 Å². The number of phenols is 1. The molecule has 0 aliphatic carbocycles. The van der Waals surface area contributed by atoms with Gasteiger partial charge in [-0.1, -0.05) is 33.8 Å². The Balaban J connectivity index is 2.94. The maximum Gasteiger partial charge on any atom is 0.254 e. The van der Waals surface area contributed by atoms with E-state index in [9.17, 15) is 9.90 Å². The Hall–Kier alpha value is -1.51. The minimum Gasteiger partial charge on any atom is -0.508 e. The van der Waals surface area contributed by atoms with Crippen LogP contribution in [0.3, 0.4) is 0 Å². The Labute approximate surface area is 116 Å². The molecule has 0 bridgehead atoms. The third kappa shape index (κ3) is 4.58. The first kappa shape index (κ1) is 15.5. The second-order valence-corrected chi connectivity index (χ2v) is 6.00. The molecular formula is C16H25NO2. The standard InChI is InChI=1S/C16H25NO2/c1-11(2)9-17(10-12(3)4)16(19)14-7-6-13(5)15(18)8-14/h6-8,11-12,18H,9-10H2,1-5H3. The van der Waals surface area contributed by atoms with Crippen LogP contribution in [0.25, 0.3) is 0 Å². The minimum atomic E-state index is -0.00213. The maximum absolute atomic E-state index is 12.5. The van der Waals surface area contributed by atoms with E-state index in [0.717, 1.165) is 18.7 Å². The van der Waals surface area contributed by atoms with Crippen molar-refractivity contribution in [2.45, 2.75) is 34.6 Å². The Morgan fingerprint density at radius 2 is 1.68 bits per heavy atom. The highest BCUT2D eigenvalue weighted by Crippen LogP contribution is 2.19. The van der Waals surface area contributed by atoms with E-state index in [1.165, 1.54) is 0 Å². The molecule has 1 N–H and O–H groups in total. The summed E-state index contributed by atoms with van der Waals surface area (Å²) in [4.78, 5) is 14.4. The molecule has 3 nitrogen and oxygen atoms in total. The van der Waals surface area contributed by atoms with E-state index in [-0.39, 0.29) is 11.7 Å². The van der Waals surface area contributed by atoms with Crippen LogP contribution in [0.2, 0.25) is 0 Å². The molecule has 0 spiro atoms. The molecule has 0 unspecified atom stereocenters. The molecule has 0 saturated heterocycles. The van der Waals surface area contributed by atoms with Crippen molar-refractivity contribution in [1.29, 1.82) is 0 Å². The molecule has 106 valence electrons. The van der Waals surface area contributed by atoms with E-state index in [1.807, 2.05) is 11.8 Å². The van der Waals surface area contributed by atoms with Crippen molar-refractivity contribution in [2.24, 2.45) is 11.8 Å². The van der Waals surface area contributed by atoms with Crippen molar-refractivity contribution >= 4 is 5.91 Å². The van der Waals surface area contributed by atoms with E-state index in [2.05, 4.69) is 27.7 Å². The summed E-state index contributed by atoms with van der Waals surface area (Å²) in [6, 6.07) is 5.13. The van der Waals surface area contributed by atoms with Crippen molar-refractivity contribution in [3.8, 4) is 5.75 Å². The van der Waals surface area contributed by atoms with Crippen LogP contribution in [0.5, 0.6) is 5.75 Å². The molecule has 0 fully saturated rings. The topological polar surface area (TPSA) is 40.5 Å². The molecule has 19 heavy (non-hydrogen) atoms. The van der Waals surface area contributed by atoms with Gasteiger partial charge in [-0.25, -0.2) is 0 Å². The third-order valence-electron chi connectivity index (χ3n) is 2.91. The number of hydrogen-bond acceptors (Lipinski definition) is 2. The molecule has 0 saturated carbocycles. The second kappa shape index (κ2) is 6.60. The molecule has 0 radical (unpaired) electrons. The van der Waals surface area contributed by atoms with Crippen LogP contribution < -0.4 is 0 Å². The number of rotatable bonds is 5. The monoisotopic (exact) mass is 263 g/mol. The molecule has 1 aromatic rings. The number of carbonyl (C=O) groups is 1. The summed E-state index contributed by atoms with van der Waals surface area (Å²) in [7, 11) is 0. The lowest BCUT2D eigenvalue weighted by Gasteiger charge is -2.26. The van der Waals surface area contributed by atoms with Crippen LogP contribution in [0.1, 0.15) is 43.6 Å². The fraction of sp³-hybridized carbons (Fsp3) is 0.562. The van der Waals surface area contributed by atoms with E-state index in [4.69, 9.17) is 0 Å². The first-order chi connectivity index (χ1) is 8.81. The zero-order chi connectivity index (χ0) is 14.6. The molecule has 3 heteroatoms. The SMILES string of the molecule is Cc1ccc(C(=O)N(CC(C)C)CC(C)C)cc1O. The summed E-state index contributed by atoms with van der Waals surface area (Å²) in [6.45, 7) is 11.7. The van der Waals surface area contributed by atoms with Gasteiger partial charge in [-0.3, -0.25) is 4.79 Å². The summed E-state index contributed by atoms with van der Waals surface area (Å²) in [5.41, 5.74) is 1.35. The lowest BCUT2D eigenvalue weighted by Crippen LogP contribution is -2.37. The number of amides is 1. The first-order valence-corrected chi connectivity index (χ1v) is 6.90. The van der Waals surface area contributed by atoms with Crippen LogP contribution in [0, 0.1) is 18.8 Å². The lowest BCUT2D eigenvalue weighted by molar-refractivity contribution is 0.0714. The summed E-state index contributed by atoms with van der Waals surface area (Å²) in [5, 5.41) is 9.72. The van der Waals surface area contributed by atoms with Gasteiger partial charge >= 0.3 is 0 Å². The Kier molecular flexibility index (Phi) is 5.40. The lowest BCUT2D eigenvalue weighted by atomic mass is 10.1. The zero-order valence-corrected chi connectivity index (χ0v) is 12.6. The molecule has 1 rings (SSSR count). The molecule has 1 aromatic carbocycles. The van der Waals surface area contributed by atoms with Crippen molar-refractivity contribution < 1.29 is 9.90 Å². The number of phenolic OH excluding ortho intramolecular Hbond substituents is 1. The van der Waals surface area contributed by atoms with Gasteiger partial charge < -0.3 is 10.0 Å². The predicted molar refractivity (Wildman–Crippen MR) is 78.4 cm³/mol. The number of carbonyl (C=O) groups excluding carboxylic acids is 1. The fourth-order valence-electron chi connectivity index (χ4n) is 2.05. The van der Waals surface area contributed by atoms with Gasteiger partial charge in [0.25, 0.3) is 5.91 Å². The fourth-order valence-corrected chi connectivity index (χ4v) is 2.05. The zero-order valence-electron chi connectivity index (χ0n) is 12.6. The first-order valence-electron chi connectivity index (χ1n) is 6.90. The van der Waals surface area contributed by atoms with E-state index < -0.39 is 0 Å². The highest BCUT2D eigenvalue weighted by molar-refractivity contribution is 5.94. The molecule has 0 atom stereocenters. The highest BCUT2D eigenvalue weighted by atomic mass is 16.3. The van der Waals surface area contributed by atoms with Crippen LogP contribution in [-0.4, -0.2) is 29.0 Å². The van der Waals surface area contributed by atoms with Crippen molar-refractivity contribution in [1.82, 2.24) is 4.90 Å². The number of hydrogen-bond donors (Lipinski definition) is 1. The van der Waals surface area contributed by atoms with Crippen LogP contribution in [0.15, 0.2) is 18.2 Å². The van der Waals surface area contributed by atoms with E-state index in [1.54, 1.807) is 18.2 Å². The smallest absolute Gasteiger partial charge is 0.254 e. The number of benzene rings is 1. The average molecular weight is 263 g/mol. The summed E-state index contributed by atoms with van der Waals surface area (Å²) >= 11 is 0. The number of nitrogens with zero attached hydrogens (tertiary/aromatic N) is 1. The normalized spacial score (nSPS) is 11.1. The van der Waals surface area contributed by atoms with Gasteiger partial charge in [-0.05, 0) is 36.5 Å². The summed E-state index contributed by atoms with van der Waals surface area (Å²) in [5.74, 6) is 1.04. The van der Waals surface area contributed by atoms with Gasteiger partial charge in [-0.15, -0.1) is 0 Å². The molecular weight excluding hydrogens is 238 g/mol. The largest absolute Gasteiger partial charge is 0.508 e. The van der Waals surface area contributed by atoms with Crippen LogP contribution in [0.4, 0.5) is 0 Å². The summed E-state index contributed by atoms with van der Waals surface area (Å²) < 4.78 is 0. The summed E-state index contributed by atoms with van der Waals surface area (Å²) in [6.07, 6.45) is 0. The quantitative estimate of drug-likeness (QED) is 0.884. The maximum atomic E-state index is 12.5. The second-order valence-electron chi connectivity index (χ2n) is 6.00. The Bertz CT molecular complexity index is 428. The number of aromatic hydroxyl groups is 1. The highest BCUT2D eigenvalue weighted by Gasteiger charge is 2.18. The Morgan fingerprint density at radius 3 is 2.11 bits per heavy atom. The molecule has 0 aliphatic rings. The van der Waals surface area contributed by atoms with Crippen LogP contribution in [-0.2, 0) is 0 Å². The van der Waals surface area contributed by atoms with Gasteiger partial charge in [0.05, 0.1) is 0 Å². The van der Waals surface area contributed by atoms with Crippen molar-refractivity contribution in [3.05, 3.63) is 29.3 Å². The molecule has 0 aromatic heterocycles. The Morgan fingerprint density at radius 1 is 1.16 bits per heavy atom. The van der Waals surface area contributed by atoms with Gasteiger partial charge in [0.2, 0.25) is 0 Å². The van der Waals surface area contributed by atoms with Gasteiger partial charge in [0.1, 0.15) is 5.75 Å². The van der Waals surface area contributed by atoms with E-state index in [0.29, 0.717) is 17.4 Å². The molecule has 1 amide bonds. The average Bonchev–Trinajstić information content (AvgIpc) is 2.29. The van der Waals surface area contributed by atoms with E-state index >= 15 is 0 Å². The third-order valence-corrected chi connectivity index (χ3v) is 2.91. The number of aryl methyl sites for hydroxylation is 1. The minimum absolute atomic E-state index is 0.00213. The molecule has 0 aliphatic heterocycles. The van der Waals surface area contributed by atoms with Gasteiger partial charge in [-0.2, -0.15) is 0 Å². The van der Waals surface area contributed by atoms with Crippen molar-refractivity contribution in [3.63, 3.8) is 0 Å². The predicted octanol–water partition coefficient (Wildman–Crippen LogP) is 3.45. The van der Waals surface area contributed by atoms with Crippen molar-refractivity contribution in [2.75, 3.05) is 13.1 Å². The van der Waals surface area contributed by atoms with Gasteiger partial charge in [0, 0.05) is 18.7 Å².